The number of amides is 1. The molecule has 0 rings (SSSR count). The third-order valence-corrected chi connectivity index (χ3v) is 1.21. The van der Waals surface area contributed by atoms with E-state index in [0.29, 0.717) is 0 Å². The number of carboxylic acids is 1. The van der Waals surface area contributed by atoms with E-state index in [1.54, 1.807) is 20.8 Å². The maximum Gasteiger partial charge on any atom is 0.325 e. The summed E-state index contributed by atoms with van der Waals surface area (Å²) >= 11 is 0. The number of carbonyl (C=O) groups is 1. The van der Waals surface area contributed by atoms with Gasteiger partial charge >= 0.3 is 5.97 Å². The second kappa shape index (κ2) is 5.53. The summed E-state index contributed by atoms with van der Waals surface area (Å²) < 4.78 is 5.18. The van der Waals surface area contributed by atoms with Crippen molar-refractivity contribution in [3.63, 3.8) is 0 Å². The fourth-order valence-corrected chi connectivity index (χ4v) is 0.579. The van der Waals surface area contributed by atoms with Crippen molar-refractivity contribution in [2.45, 2.75) is 32.4 Å². The fraction of sp³-hybridized carbons (Fsp3) is 0.750. The summed E-state index contributed by atoms with van der Waals surface area (Å²) in [5.74, 6) is -1.13. The summed E-state index contributed by atoms with van der Waals surface area (Å²) in [6, 6.07) is -1.03. The van der Waals surface area contributed by atoms with Crippen LogP contribution in [0.3, 0.4) is 0 Å². The Morgan fingerprint density at radius 3 is 2.36 bits per heavy atom. The minimum atomic E-state index is -1.13. The normalized spacial score (nSPS) is 12.5. The zero-order chi connectivity index (χ0) is 10.5. The molecule has 5 nitrogen and oxygen atoms in total. The Morgan fingerprint density at radius 2 is 2.07 bits per heavy atom. The summed E-state index contributed by atoms with van der Waals surface area (Å²) in [4.78, 5) is 20.4. The predicted molar refractivity (Wildman–Crippen MR) is 46.0 cm³/mol. The van der Waals surface area contributed by atoms with Crippen molar-refractivity contribution in [1.29, 1.82) is 0 Å². The molecule has 0 aliphatic carbocycles. The molecule has 88 valence electrons. The Kier molecular flexibility index (Phi) is 5.70. The second-order valence-electron chi connectivity index (χ2n) is 3.56. The van der Waals surface area contributed by atoms with Crippen LogP contribution in [0, 0.1) is 0 Å². The first-order valence-electron chi connectivity index (χ1n) is 3.86. The molecule has 1 amide bonds. The molecule has 0 aliphatic heterocycles. The molecule has 0 saturated heterocycles. The Bertz CT molecular complexity index is 190. The van der Waals surface area contributed by atoms with Gasteiger partial charge in [0, 0.05) is 0 Å². The number of carboxylic acid groups (broad SMARTS) is 1. The molecule has 0 heterocycles. The minimum absolute atomic E-state index is 0. The Balaban J connectivity index is 0. The van der Waals surface area contributed by atoms with Crippen molar-refractivity contribution in [2.75, 3.05) is 6.61 Å². The van der Waals surface area contributed by atoms with Gasteiger partial charge in [-0.15, -0.1) is 0 Å². The second-order valence-corrected chi connectivity index (χ2v) is 3.56. The summed E-state index contributed by atoms with van der Waals surface area (Å²) in [6.07, 6.45) is 1.32. The topological polar surface area (TPSA) is 75.6 Å². The van der Waals surface area contributed by atoms with E-state index in [2.05, 4.69) is 0 Å². The molecule has 0 aromatic heterocycles. The van der Waals surface area contributed by atoms with Crippen molar-refractivity contribution in [1.82, 2.24) is 5.32 Å². The quantitative estimate of drug-likeness (QED) is 0.459. The van der Waals surface area contributed by atoms with Crippen LogP contribution in [0.25, 0.3) is 0 Å². The average Bonchev–Trinajstić information content (AvgIpc) is 1.95. The maximum absolute atomic E-state index is 10.5. The Hall–Kier alpha value is -2.10. The Labute approximate surface area is 77.1 Å². The third kappa shape index (κ3) is 6.60. The van der Waals surface area contributed by atoms with Crippen LogP contribution in [0.15, 0.2) is 0 Å². The fourth-order valence-electron chi connectivity index (χ4n) is 0.579. The van der Waals surface area contributed by atoms with Crippen LogP contribution in [0.5, 0.6) is 0 Å². The van der Waals surface area contributed by atoms with Crippen molar-refractivity contribution >= 4 is 12.4 Å². The van der Waals surface area contributed by atoms with Crippen LogP contribution in [0.2, 0.25) is 0 Å². The third-order valence-electron chi connectivity index (χ3n) is 1.21. The molecule has 6 heteroatoms. The van der Waals surface area contributed by atoms with Gasteiger partial charge in [-0.3, -0.25) is 4.79 Å². The molecule has 2 N–H and O–H groups in total. The van der Waals surface area contributed by atoms with E-state index >= 15 is 0 Å². The van der Waals surface area contributed by atoms with Gasteiger partial charge < -0.3 is 20.0 Å². The van der Waals surface area contributed by atoms with Gasteiger partial charge in [-0.1, -0.05) is 0 Å². The average molecular weight is 445 g/mol. The van der Waals surface area contributed by atoms with Gasteiger partial charge in [0.05, 0.1) is 12.2 Å². The molecule has 0 bridgehead atoms. The monoisotopic (exact) mass is 445 g/mol. The van der Waals surface area contributed by atoms with Crippen molar-refractivity contribution in [3.8, 4) is 0 Å². The molecule has 0 aromatic carbocycles. The molecule has 0 fully saturated rings. The number of hydrogen-bond acceptors (Lipinski definition) is 3. The number of hydrogen-bond donors (Lipinski definition) is 2. The van der Waals surface area contributed by atoms with Crippen molar-refractivity contribution in [3.05, 3.63) is 0 Å². The van der Waals surface area contributed by atoms with E-state index in [4.69, 9.17) is 9.84 Å². The SMILES string of the molecule is CC(C)(C)OCC(N[C-]=O)C(=O)O.[Fm]. The number of carbonyl (C=O) groups excluding carboxylic acids is 1. The molecule has 14 heavy (non-hydrogen) atoms. The molecule has 0 radical (unpaired) electrons. The van der Waals surface area contributed by atoms with E-state index in [1.807, 2.05) is 5.32 Å². The zero-order valence-electron chi connectivity index (χ0n) is 8.25. The molecule has 0 saturated carbocycles. The van der Waals surface area contributed by atoms with Crippen LogP contribution in [0.4, 0.5) is 0 Å². The summed E-state index contributed by atoms with van der Waals surface area (Å²) in [6.45, 7) is 5.34. The predicted octanol–water partition coefficient (Wildman–Crippen LogP) is -0.0885. The first-order valence-corrected chi connectivity index (χ1v) is 3.86. The minimum Gasteiger partial charge on any atom is -0.520 e. The van der Waals surface area contributed by atoms with Gasteiger partial charge in [-0.2, -0.15) is 6.41 Å². The van der Waals surface area contributed by atoms with Gasteiger partial charge in [0.2, 0.25) is 0 Å². The van der Waals surface area contributed by atoms with Crippen molar-refractivity contribution < 1.29 is 19.4 Å². The first kappa shape index (κ1) is 14.4. The van der Waals surface area contributed by atoms with Gasteiger partial charge in [-0.25, -0.2) is 0 Å². The molecule has 0 spiro atoms. The van der Waals surface area contributed by atoms with Gasteiger partial charge in [0.25, 0.3) is 0 Å². The van der Waals surface area contributed by atoms with E-state index in [9.17, 15) is 9.59 Å². The van der Waals surface area contributed by atoms with E-state index < -0.39 is 17.6 Å². The number of nitrogens with one attached hydrogen (secondary N) is 1. The number of rotatable bonds is 5. The van der Waals surface area contributed by atoms with Crippen LogP contribution in [0.1, 0.15) is 20.8 Å². The standard InChI is InChI=1S/C8H14NO4.Fm/c1-8(2,3)13-4-6(7(11)12)9-5-10;/h6H,4H2,1-3H3,(H,9,10)(H,11,12);/q-1;. The molecule has 0 aromatic rings. The molecule has 1 atom stereocenters. The maximum atomic E-state index is 10.5. The molecule has 1 unspecified atom stereocenters. The largest absolute Gasteiger partial charge is 0.520 e. The smallest absolute Gasteiger partial charge is 0.325 e. The van der Waals surface area contributed by atoms with Crippen LogP contribution in [-0.4, -0.2) is 35.7 Å². The summed E-state index contributed by atoms with van der Waals surface area (Å²) in [5.41, 5.74) is -0.418. The van der Waals surface area contributed by atoms with Crippen LogP contribution < -0.4 is 5.32 Å². The van der Waals surface area contributed by atoms with E-state index in [0.717, 1.165) is 0 Å². The number of ether oxygens (including phenoxy) is 1. The van der Waals surface area contributed by atoms with Gasteiger partial charge in [0.15, 0.2) is 0 Å². The van der Waals surface area contributed by atoms with Crippen LogP contribution >= 0.6 is 0 Å². The van der Waals surface area contributed by atoms with Gasteiger partial charge in [0.1, 0.15) is 6.04 Å². The molecule has 0 aliphatic rings. The molecular weight excluding hydrogens is 431 g/mol. The summed E-state index contributed by atoms with van der Waals surface area (Å²) in [7, 11) is 0. The van der Waals surface area contributed by atoms with Crippen LogP contribution in [-0.2, 0) is 14.3 Å². The van der Waals surface area contributed by atoms with Crippen molar-refractivity contribution in [2.24, 2.45) is 0 Å². The first-order chi connectivity index (χ1) is 5.87. The zero-order valence-corrected chi connectivity index (χ0v) is 10.6. The molecular formula is C8H14FmNO4-. The number of aliphatic carboxylic acids is 1. The van der Waals surface area contributed by atoms with Gasteiger partial charge in [-0.05, 0) is 20.8 Å². The van der Waals surface area contributed by atoms with E-state index in [-0.39, 0.29) is 6.61 Å². The Morgan fingerprint density at radius 1 is 1.57 bits per heavy atom. The van der Waals surface area contributed by atoms with E-state index in [1.165, 1.54) is 6.41 Å². The summed E-state index contributed by atoms with van der Waals surface area (Å²) in [5, 5.41) is 10.6.